The van der Waals surface area contributed by atoms with Crippen molar-refractivity contribution in [2.75, 3.05) is 6.54 Å². The average Bonchev–Trinajstić information content (AvgIpc) is 2.33. The Hall–Kier alpha value is -1.15. The van der Waals surface area contributed by atoms with Gasteiger partial charge in [-0.15, -0.1) is 0 Å². The zero-order chi connectivity index (χ0) is 11.2. The first-order valence-corrected chi connectivity index (χ1v) is 6.09. The van der Waals surface area contributed by atoms with Gasteiger partial charge in [-0.1, -0.05) is 43.2 Å². The van der Waals surface area contributed by atoms with Crippen LogP contribution in [0.15, 0.2) is 35.3 Å². The van der Waals surface area contributed by atoms with Gasteiger partial charge in [0.15, 0.2) is 0 Å². The Labute approximate surface area is 97.0 Å². The normalized spacial score (nSPS) is 26.1. The molecule has 0 spiro atoms. The molecule has 0 bridgehead atoms. The van der Waals surface area contributed by atoms with Gasteiger partial charge in [0.2, 0.25) is 0 Å². The Balaban J connectivity index is 1.84. The first-order chi connectivity index (χ1) is 7.86. The molecule has 2 rings (SSSR count). The fraction of sp³-hybridized carbons (Fsp3) is 0.500. The molecule has 0 aliphatic heterocycles. The van der Waals surface area contributed by atoms with Crippen LogP contribution in [-0.2, 0) is 0 Å². The van der Waals surface area contributed by atoms with E-state index >= 15 is 0 Å². The monoisotopic (exact) mass is 217 g/mol. The van der Waals surface area contributed by atoms with E-state index in [1.807, 2.05) is 36.5 Å². The van der Waals surface area contributed by atoms with Crippen LogP contribution in [0.4, 0.5) is 0 Å². The van der Waals surface area contributed by atoms with E-state index in [1.165, 1.54) is 12.8 Å². The minimum atomic E-state index is -0.137. The number of hydrogen-bond donors (Lipinski definition) is 1. The van der Waals surface area contributed by atoms with Gasteiger partial charge in [-0.2, -0.15) is 0 Å². The minimum Gasteiger partial charge on any atom is -0.393 e. The van der Waals surface area contributed by atoms with Gasteiger partial charge in [0.05, 0.1) is 6.10 Å². The van der Waals surface area contributed by atoms with Gasteiger partial charge in [0, 0.05) is 18.7 Å². The molecule has 0 radical (unpaired) electrons. The number of aliphatic hydroxyl groups is 1. The number of aliphatic imine (C=N–C) groups is 1. The molecule has 2 nitrogen and oxygen atoms in total. The minimum absolute atomic E-state index is 0.137. The topological polar surface area (TPSA) is 32.6 Å². The van der Waals surface area contributed by atoms with E-state index < -0.39 is 0 Å². The predicted octanol–water partition coefficient (Wildman–Crippen LogP) is 2.66. The van der Waals surface area contributed by atoms with Crippen molar-refractivity contribution in [2.24, 2.45) is 10.9 Å². The molecule has 16 heavy (non-hydrogen) atoms. The molecule has 1 aliphatic rings. The summed E-state index contributed by atoms with van der Waals surface area (Å²) in [6.45, 7) is 0.760. The summed E-state index contributed by atoms with van der Waals surface area (Å²) in [5.41, 5.74) is 1.13. The molecule has 1 aromatic carbocycles. The highest BCUT2D eigenvalue weighted by Crippen LogP contribution is 2.24. The van der Waals surface area contributed by atoms with Gasteiger partial charge in [-0.25, -0.2) is 0 Å². The van der Waals surface area contributed by atoms with E-state index in [1.54, 1.807) is 0 Å². The van der Waals surface area contributed by atoms with E-state index in [2.05, 4.69) is 4.99 Å². The molecule has 0 aromatic heterocycles. The molecule has 0 amide bonds. The maximum absolute atomic E-state index is 9.79. The standard InChI is InChI=1S/C14H19NO/c16-14-9-5-4-8-13(14)11-15-10-12-6-2-1-3-7-12/h1-3,6-7,10,13-14,16H,4-5,8-9,11H2/t13-,14+/m1/s1. The molecular formula is C14H19NO. The SMILES string of the molecule is O[C@H]1CCCC[C@@H]1CN=Cc1ccccc1. The zero-order valence-corrected chi connectivity index (χ0v) is 9.55. The van der Waals surface area contributed by atoms with Gasteiger partial charge < -0.3 is 5.11 Å². The highest BCUT2D eigenvalue weighted by molar-refractivity contribution is 5.79. The van der Waals surface area contributed by atoms with Crippen LogP contribution in [0.25, 0.3) is 0 Å². The molecule has 2 heteroatoms. The van der Waals surface area contributed by atoms with Crippen LogP contribution < -0.4 is 0 Å². The van der Waals surface area contributed by atoms with Crippen molar-refractivity contribution in [2.45, 2.75) is 31.8 Å². The van der Waals surface area contributed by atoms with Crippen molar-refractivity contribution in [1.29, 1.82) is 0 Å². The molecule has 1 saturated carbocycles. The zero-order valence-electron chi connectivity index (χ0n) is 9.55. The summed E-state index contributed by atoms with van der Waals surface area (Å²) in [5, 5.41) is 9.79. The van der Waals surface area contributed by atoms with Crippen LogP contribution in [0.2, 0.25) is 0 Å². The van der Waals surface area contributed by atoms with E-state index in [-0.39, 0.29) is 6.10 Å². The molecule has 0 saturated heterocycles. The van der Waals surface area contributed by atoms with E-state index in [0.29, 0.717) is 5.92 Å². The Bertz CT molecular complexity index is 334. The Morgan fingerprint density at radius 2 is 1.94 bits per heavy atom. The van der Waals surface area contributed by atoms with Crippen molar-refractivity contribution in [3.63, 3.8) is 0 Å². The Morgan fingerprint density at radius 1 is 1.19 bits per heavy atom. The Kier molecular flexibility index (Phi) is 4.11. The molecule has 1 aliphatic carbocycles. The number of nitrogens with zero attached hydrogens (tertiary/aromatic N) is 1. The smallest absolute Gasteiger partial charge is 0.0586 e. The maximum Gasteiger partial charge on any atom is 0.0586 e. The lowest BCUT2D eigenvalue weighted by molar-refractivity contribution is 0.0746. The molecule has 86 valence electrons. The lowest BCUT2D eigenvalue weighted by Gasteiger charge is -2.25. The van der Waals surface area contributed by atoms with Crippen molar-refractivity contribution in [3.8, 4) is 0 Å². The first kappa shape index (κ1) is 11.3. The predicted molar refractivity (Wildman–Crippen MR) is 66.9 cm³/mol. The van der Waals surface area contributed by atoms with Crippen molar-refractivity contribution in [3.05, 3.63) is 35.9 Å². The van der Waals surface area contributed by atoms with E-state index in [4.69, 9.17) is 0 Å². The summed E-state index contributed by atoms with van der Waals surface area (Å²) in [4.78, 5) is 4.43. The molecule has 1 aromatic rings. The van der Waals surface area contributed by atoms with E-state index in [0.717, 1.165) is 24.9 Å². The number of hydrogen-bond acceptors (Lipinski definition) is 2. The second kappa shape index (κ2) is 5.80. The molecule has 1 N–H and O–H groups in total. The van der Waals surface area contributed by atoms with Crippen molar-refractivity contribution < 1.29 is 5.11 Å². The molecule has 2 atom stereocenters. The quantitative estimate of drug-likeness (QED) is 0.776. The van der Waals surface area contributed by atoms with Crippen LogP contribution >= 0.6 is 0 Å². The van der Waals surface area contributed by atoms with E-state index in [9.17, 15) is 5.11 Å². The fourth-order valence-electron chi connectivity index (χ4n) is 2.23. The largest absolute Gasteiger partial charge is 0.393 e. The number of rotatable bonds is 3. The van der Waals surface area contributed by atoms with Crippen LogP contribution in [0.5, 0.6) is 0 Å². The molecule has 0 heterocycles. The number of benzene rings is 1. The molecule has 0 unspecified atom stereocenters. The lowest BCUT2D eigenvalue weighted by Crippen LogP contribution is -2.26. The molecule has 1 fully saturated rings. The highest BCUT2D eigenvalue weighted by Gasteiger charge is 2.21. The summed E-state index contributed by atoms with van der Waals surface area (Å²) >= 11 is 0. The van der Waals surface area contributed by atoms with Crippen LogP contribution in [0, 0.1) is 5.92 Å². The van der Waals surface area contributed by atoms with Gasteiger partial charge in [-0.05, 0) is 18.4 Å². The summed E-state index contributed by atoms with van der Waals surface area (Å²) in [6, 6.07) is 10.1. The van der Waals surface area contributed by atoms with Gasteiger partial charge in [0.1, 0.15) is 0 Å². The second-order valence-electron chi connectivity index (χ2n) is 4.52. The van der Waals surface area contributed by atoms with Crippen molar-refractivity contribution in [1.82, 2.24) is 0 Å². The van der Waals surface area contributed by atoms with Crippen LogP contribution in [0.3, 0.4) is 0 Å². The Morgan fingerprint density at radius 3 is 2.69 bits per heavy atom. The average molecular weight is 217 g/mol. The van der Waals surface area contributed by atoms with Gasteiger partial charge in [0.25, 0.3) is 0 Å². The lowest BCUT2D eigenvalue weighted by atomic mass is 9.87. The third-order valence-corrected chi connectivity index (χ3v) is 3.25. The highest BCUT2D eigenvalue weighted by atomic mass is 16.3. The summed E-state index contributed by atoms with van der Waals surface area (Å²) < 4.78 is 0. The van der Waals surface area contributed by atoms with Crippen LogP contribution in [0.1, 0.15) is 31.2 Å². The fourth-order valence-corrected chi connectivity index (χ4v) is 2.23. The van der Waals surface area contributed by atoms with Gasteiger partial charge >= 0.3 is 0 Å². The number of aliphatic hydroxyl groups excluding tert-OH is 1. The second-order valence-corrected chi connectivity index (χ2v) is 4.52. The van der Waals surface area contributed by atoms with Crippen molar-refractivity contribution >= 4 is 6.21 Å². The first-order valence-electron chi connectivity index (χ1n) is 6.09. The molecular weight excluding hydrogens is 198 g/mol. The summed E-state index contributed by atoms with van der Waals surface area (Å²) in [7, 11) is 0. The maximum atomic E-state index is 9.79. The third-order valence-electron chi connectivity index (χ3n) is 3.25. The summed E-state index contributed by atoms with van der Waals surface area (Å²) in [6.07, 6.45) is 6.24. The van der Waals surface area contributed by atoms with Gasteiger partial charge in [-0.3, -0.25) is 4.99 Å². The van der Waals surface area contributed by atoms with Crippen LogP contribution in [-0.4, -0.2) is 24.0 Å². The third kappa shape index (κ3) is 3.17. The summed E-state index contributed by atoms with van der Waals surface area (Å²) in [5.74, 6) is 0.369.